The van der Waals surface area contributed by atoms with Crippen LogP contribution < -0.4 is 10.1 Å². The molecule has 19 heavy (non-hydrogen) atoms. The quantitative estimate of drug-likeness (QED) is 0.889. The average Bonchev–Trinajstić information content (AvgIpc) is 2.74. The van der Waals surface area contributed by atoms with Gasteiger partial charge in [-0.1, -0.05) is 26.8 Å². The van der Waals surface area contributed by atoms with Gasteiger partial charge in [0.2, 0.25) is 0 Å². The van der Waals surface area contributed by atoms with Gasteiger partial charge in [-0.3, -0.25) is 0 Å². The largest absolute Gasteiger partial charge is 0.497 e. The van der Waals surface area contributed by atoms with Gasteiger partial charge in [-0.05, 0) is 42.6 Å². The zero-order valence-corrected chi connectivity index (χ0v) is 13.4. The van der Waals surface area contributed by atoms with E-state index in [0.717, 1.165) is 18.1 Å². The second-order valence-corrected chi connectivity index (χ2v) is 7.28. The average molecular weight is 279 g/mol. The molecule has 1 aromatic carbocycles. The second-order valence-electron chi connectivity index (χ2n) is 5.66. The SMILES string of the molecule is CNC1c2cc(OC)ccc2CC1SC(C)C(C)C. The molecule has 0 saturated heterocycles. The van der Waals surface area contributed by atoms with E-state index in [9.17, 15) is 0 Å². The maximum absolute atomic E-state index is 5.35. The summed E-state index contributed by atoms with van der Waals surface area (Å²) in [4.78, 5) is 0. The number of benzene rings is 1. The molecule has 0 saturated carbocycles. The highest BCUT2D eigenvalue weighted by molar-refractivity contribution is 8.00. The van der Waals surface area contributed by atoms with E-state index in [2.05, 4.69) is 63.1 Å². The molecule has 3 atom stereocenters. The Bertz CT molecular complexity index is 433. The van der Waals surface area contributed by atoms with E-state index in [4.69, 9.17) is 4.74 Å². The highest BCUT2D eigenvalue weighted by Gasteiger charge is 2.33. The van der Waals surface area contributed by atoms with E-state index in [1.165, 1.54) is 11.1 Å². The minimum absolute atomic E-state index is 0.441. The number of ether oxygens (including phenoxy) is 1. The van der Waals surface area contributed by atoms with E-state index in [1.54, 1.807) is 7.11 Å². The summed E-state index contributed by atoms with van der Waals surface area (Å²) in [5, 5.41) is 4.81. The maximum atomic E-state index is 5.35. The molecule has 0 radical (unpaired) electrons. The number of nitrogens with one attached hydrogen (secondary N) is 1. The predicted molar refractivity (Wildman–Crippen MR) is 84.2 cm³/mol. The zero-order chi connectivity index (χ0) is 14.0. The lowest BCUT2D eigenvalue weighted by molar-refractivity contribution is 0.413. The first-order valence-electron chi connectivity index (χ1n) is 7.06. The summed E-state index contributed by atoms with van der Waals surface area (Å²) in [6.45, 7) is 6.94. The highest BCUT2D eigenvalue weighted by atomic mass is 32.2. The molecule has 1 aliphatic carbocycles. The predicted octanol–water partition coefficient (Wildman–Crippen LogP) is 3.66. The lowest BCUT2D eigenvalue weighted by Gasteiger charge is -2.25. The van der Waals surface area contributed by atoms with E-state index < -0.39 is 0 Å². The summed E-state index contributed by atoms with van der Waals surface area (Å²) in [7, 11) is 3.80. The van der Waals surface area contributed by atoms with Gasteiger partial charge in [-0.2, -0.15) is 11.8 Å². The van der Waals surface area contributed by atoms with Gasteiger partial charge in [0.05, 0.1) is 7.11 Å². The fourth-order valence-electron chi connectivity index (χ4n) is 2.61. The van der Waals surface area contributed by atoms with Crippen molar-refractivity contribution in [3.63, 3.8) is 0 Å². The molecule has 1 aromatic rings. The van der Waals surface area contributed by atoms with Gasteiger partial charge in [0.25, 0.3) is 0 Å². The van der Waals surface area contributed by atoms with Gasteiger partial charge >= 0.3 is 0 Å². The monoisotopic (exact) mass is 279 g/mol. The fraction of sp³-hybridized carbons (Fsp3) is 0.625. The van der Waals surface area contributed by atoms with Gasteiger partial charge in [-0.15, -0.1) is 0 Å². The molecule has 0 heterocycles. The number of hydrogen-bond donors (Lipinski definition) is 1. The van der Waals surface area contributed by atoms with E-state index >= 15 is 0 Å². The summed E-state index contributed by atoms with van der Waals surface area (Å²) in [6.07, 6.45) is 1.16. The topological polar surface area (TPSA) is 21.3 Å². The van der Waals surface area contributed by atoms with Crippen molar-refractivity contribution in [3.05, 3.63) is 29.3 Å². The van der Waals surface area contributed by atoms with Crippen molar-refractivity contribution in [2.75, 3.05) is 14.2 Å². The Morgan fingerprint density at radius 2 is 2.05 bits per heavy atom. The van der Waals surface area contributed by atoms with Crippen molar-refractivity contribution in [3.8, 4) is 5.75 Å². The van der Waals surface area contributed by atoms with Crippen LogP contribution in [0.3, 0.4) is 0 Å². The Hall–Kier alpha value is -0.670. The highest BCUT2D eigenvalue weighted by Crippen LogP contribution is 2.42. The summed E-state index contributed by atoms with van der Waals surface area (Å²) in [5.41, 5.74) is 2.88. The van der Waals surface area contributed by atoms with Gasteiger partial charge in [-0.25, -0.2) is 0 Å². The molecular weight excluding hydrogens is 254 g/mol. The second kappa shape index (κ2) is 6.19. The first kappa shape index (κ1) is 14.7. The zero-order valence-electron chi connectivity index (χ0n) is 12.6. The van der Waals surface area contributed by atoms with E-state index in [-0.39, 0.29) is 0 Å². The lowest BCUT2D eigenvalue weighted by atomic mass is 10.1. The normalized spacial score (nSPS) is 23.5. The van der Waals surface area contributed by atoms with Crippen LogP contribution in [0, 0.1) is 5.92 Å². The molecule has 2 nitrogen and oxygen atoms in total. The van der Waals surface area contributed by atoms with Crippen molar-refractivity contribution in [1.29, 1.82) is 0 Å². The first-order valence-corrected chi connectivity index (χ1v) is 8.00. The Balaban J connectivity index is 2.18. The van der Waals surface area contributed by atoms with Gasteiger partial charge in [0.1, 0.15) is 5.75 Å². The van der Waals surface area contributed by atoms with Crippen molar-refractivity contribution < 1.29 is 4.74 Å². The fourth-order valence-corrected chi connectivity index (χ4v) is 4.19. The molecule has 0 aromatic heterocycles. The minimum Gasteiger partial charge on any atom is -0.497 e. The minimum atomic E-state index is 0.441. The number of fused-ring (bicyclic) bond motifs is 1. The Morgan fingerprint density at radius 1 is 1.32 bits per heavy atom. The van der Waals surface area contributed by atoms with Crippen molar-refractivity contribution in [2.24, 2.45) is 5.92 Å². The molecule has 1 aliphatic rings. The molecule has 0 spiro atoms. The van der Waals surface area contributed by atoms with Crippen LogP contribution in [0.25, 0.3) is 0 Å². The van der Waals surface area contributed by atoms with Crippen LogP contribution >= 0.6 is 11.8 Å². The standard InChI is InChI=1S/C16H25NOS/c1-10(2)11(3)19-15-8-12-6-7-13(18-5)9-14(12)16(15)17-4/h6-7,9-11,15-17H,8H2,1-5H3. The summed E-state index contributed by atoms with van der Waals surface area (Å²) in [6, 6.07) is 6.93. The summed E-state index contributed by atoms with van der Waals surface area (Å²) in [5.74, 6) is 1.68. The van der Waals surface area contributed by atoms with Crippen LogP contribution in [0.15, 0.2) is 18.2 Å². The maximum Gasteiger partial charge on any atom is 0.119 e. The van der Waals surface area contributed by atoms with Crippen molar-refractivity contribution in [1.82, 2.24) is 5.32 Å². The van der Waals surface area contributed by atoms with Crippen LogP contribution in [-0.2, 0) is 6.42 Å². The van der Waals surface area contributed by atoms with Crippen molar-refractivity contribution >= 4 is 11.8 Å². The van der Waals surface area contributed by atoms with Gasteiger partial charge in [0, 0.05) is 16.5 Å². The molecule has 0 amide bonds. The summed E-state index contributed by atoms with van der Waals surface area (Å²) < 4.78 is 5.35. The first-order chi connectivity index (χ1) is 9.06. The molecular formula is C16H25NOS. The van der Waals surface area contributed by atoms with Crippen LogP contribution in [0.1, 0.15) is 37.9 Å². The number of rotatable bonds is 5. The Labute approximate surface area is 121 Å². The molecule has 0 aliphatic heterocycles. The molecule has 0 fully saturated rings. The Kier molecular flexibility index (Phi) is 4.80. The Morgan fingerprint density at radius 3 is 2.63 bits per heavy atom. The number of methoxy groups -OCH3 is 1. The summed E-state index contributed by atoms with van der Waals surface area (Å²) >= 11 is 2.11. The number of thioether (sulfide) groups is 1. The van der Waals surface area contributed by atoms with E-state index in [0.29, 0.717) is 16.5 Å². The van der Waals surface area contributed by atoms with Gasteiger partial charge < -0.3 is 10.1 Å². The molecule has 1 N–H and O–H groups in total. The van der Waals surface area contributed by atoms with Crippen LogP contribution in [-0.4, -0.2) is 24.7 Å². The van der Waals surface area contributed by atoms with Crippen LogP contribution in [0.5, 0.6) is 5.75 Å². The smallest absolute Gasteiger partial charge is 0.119 e. The molecule has 3 unspecified atom stereocenters. The van der Waals surface area contributed by atoms with Gasteiger partial charge in [0.15, 0.2) is 0 Å². The molecule has 2 rings (SSSR count). The van der Waals surface area contributed by atoms with Crippen molar-refractivity contribution in [2.45, 2.75) is 43.7 Å². The molecule has 106 valence electrons. The number of hydrogen-bond acceptors (Lipinski definition) is 3. The third-order valence-corrected chi connectivity index (χ3v) is 5.88. The third kappa shape index (κ3) is 3.09. The molecule has 3 heteroatoms. The van der Waals surface area contributed by atoms with Crippen LogP contribution in [0.2, 0.25) is 0 Å². The third-order valence-electron chi connectivity index (χ3n) is 4.12. The molecule has 0 bridgehead atoms. The lowest BCUT2D eigenvalue weighted by Crippen LogP contribution is -2.26. The van der Waals surface area contributed by atoms with Crippen LogP contribution in [0.4, 0.5) is 0 Å². The van der Waals surface area contributed by atoms with E-state index in [1.807, 2.05) is 0 Å².